The molecule has 2 heterocycles. The predicted octanol–water partition coefficient (Wildman–Crippen LogP) is 3.66. The number of amides is 1. The van der Waals surface area contributed by atoms with Gasteiger partial charge in [0.15, 0.2) is 0 Å². The third kappa shape index (κ3) is 5.46. The van der Waals surface area contributed by atoms with Crippen LogP contribution in [0, 0.1) is 5.92 Å². The van der Waals surface area contributed by atoms with E-state index >= 15 is 0 Å². The summed E-state index contributed by atoms with van der Waals surface area (Å²) in [5.41, 5.74) is 1.61. The Hall–Kier alpha value is -2.38. The lowest BCUT2D eigenvalue weighted by Gasteiger charge is -2.37. The largest absolute Gasteiger partial charge is 0.490 e. The molecular formula is C23H29ClN4O3. The van der Waals surface area contributed by atoms with Gasteiger partial charge in [-0.1, -0.05) is 17.7 Å². The van der Waals surface area contributed by atoms with Gasteiger partial charge in [0.2, 0.25) is 0 Å². The van der Waals surface area contributed by atoms with Crippen molar-refractivity contribution in [2.24, 2.45) is 5.92 Å². The summed E-state index contributed by atoms with van der Waals surface area (Å²) in [5.74, 6) is 1.15. The molecule has 0 unspecified atom stereocenters. The average molecular weight is 445 g/mol. The first-order chi connectivity index (χ1) is 15.0. The van der Waals surface area contributed by atoms with Crippen LogP contribution in [0.4, 0.5) is 0 Å². The molecule has 1 aromatic carbocycles. The summed E-state index contributed by atoms with van der Waals surface area (Å²) < 4.78 is 11.0. The van der Waals surface area contributed by atoms with Crippen LogP contribution in [0.5, 0.6) is 11.8 Å². The summed E-state index contributed by atoms with van der Waals surface area (Å²) in [6.45, 7) is 3.89. The Morgan fingerprint density at radius 3 is 2.58 bits per heavy atom. The van der Waals surface area contributed by atoms with Crippen molar-refractivity contribution >= 4 is 17.5 Å². The van der Waals surface area contributed by atoms with Crippen LogP contribution in [0.25, 0.3) is 0 Å². The maximum Gasteiger partial charge on any atom is 0.316 e. The number of likely N-dealkylation sites (tertiary alicyclic amines) is 1. The lowest BCUT2D eigenvalue weighted by atomic mass is 9.82. The van der Waals surface area contributed by atoms with Gasteiger partial charge in [-0.05, 0) is 62.4 Å². The highest BCUT2D eigenvalue weighted by Crippen LogP contribution is 2.33. The zero-order valence-corrected chi connectivity index (χ0v) is 18.8. The van der Waals surface area contributed by atoms with Crippen molar-refractivity contribution in [3.8, 4) is 11.8 Å². The van der Waals surface area contributed by atoms with E-state index in [0.717, 1.165) is 48.8 Å². The lowest BCUT2D eigenvalue weighted by Crippen LogP contribution is -2.42. The van der Waals surface area contributed by atoms with Gasteiger partial charge in [0.25, 0.3) is 5.91 Å². The van der Waals surface area contributed by atoms with Crippen molar-refractivity contribution in [3.05, 3.63) is 46.7 Å². The fraction of sp³-hybridized carbons (Fsp3) is 0.522. The van der Waals surface area contributed by atoms with Gasteiger partial charge in [0, 0.05) is 37.6 Å². The molecule has 1 aromatic heterocycles. The van der Waals surface area contributed by atoms with Crippen molar-refractivity contribution in [3.63, 3.8) is 0 Å². The van der Waals surface area contributed by atoms with Crippen molar-refractivity contribution < 1.29 is 14.3 Å². The zero-order chi connectivity index (χ0) is 21.8. The molecule has 2 aliphatic rings. The Kier molecular flexibility index (Phi) is 6.92. The highest BCUT2D eigenvalue weighted by atomic mass is 35.5. The van der Waals surface area contributed by atoms with Crippen LogP contribution in [0.2, 0.25) is 5.02 Å². The van der Waals surface area contributed by atoms with E-state index in [4.69, 9.17) is 21.1 Å². The number of carbonyl (C=O) groups is 1. The second-order valence-corrected chi connectivity index (χ2v) is 8.87. The van der Waals surface area contributed by atoms with E-state index in [1.807, 2.05) is 12.1 Å². The van der Waals surface area contributed by atoms with E-state index in [-0.39, 0.29) is 18.0 Å². The minimum absolute atomic E-state index is 0.0904. The smallest absolute Gasteiger partial charge is 0.316 e. The molecule has 0 spiro atoms. The van der Waals surface area contributed by atoms with Crippen LogP contribution in [0.15, 0.2) is 30.6 Å². The topological polar surface area (TPSA) is 67.8 Å². The molecule has 1 aliphatic carbocycles. The van der Waals surface area contributed by atoms with E-state index in [9.17, 15) is 4.79 Å². The maximum absolute atomic E-state index is 12.5. The summed E-state index contributed by atoms with van der Waals surface area (Å²) in [4.78, 5) is 24.7. The average Bonchev–Trinajstić information content (AvgIpc) is 3.26. The quantitative estimate of drug-likeness (QED) is 0.619. The van der Waals surface area contributed by atoms with E-state index in [2.05, 4.69) is 20.9 Å². The Balaban J connectivity index is 1.22. The van der Waals surface area contributed by atoms with E-state index < -0.39 is 0 Å². The number of methoxy groups -OCH3 is 1. The molecule has 1 aliphatic heterocycles. The predicted molar refractivity (Wildman–Crippen MR) is 119 cm³/mol. The van der Waals surface area contributed by atoms with Crippen molar-refractivity contribution in [1.82, 2.24) is 19.8 Å². The zero-order valence-electron chi connectivity index (χ0n) is 18.1. The van der Waals surface area contributed by atoms with E-state index in [1.54, 1.807) is 11.9 Å². The van der Waals surface area contributed by atoms with Crippen LogP contribution >= 0.6 is 11.6 Å². The van der Waals surface area contributed by atoms with Crippen molar-refractivity contribution in [2.75, 3.05) is 33.8 Å². The van der Waals surface area contributed by atoms with Gasteiger partial charge < -0.3 is 14.4 Å². The molecule has 0 radical (unpaired) electrons. The van der Waals surface area contributed by atoms with Gasteiger partial charge in [0.1, 0.15) is 5.75 Å². The second kappa shape index (κ2) is 9.83. The molecule has 2 aromatic rings. The molecule has 7 nitrogen and oxygen atoms in total. The van der Waals surface area contributed by atoms with Gasteiger partial charge >= 0.3 is 6.01 Å². The summed E-state index contributed by atoms with van der Waals surface area (Å²) >= 11 is 6.49. The number of aromatic nitrogens is 2. The summed E-state index contributed by atoms with van der Waals surface area (Å²) in [7, 11) is 3.30. The molecule has 4 rings (SSSR count). The Bertz CT molecular complexity index is 896. The lowest BCUT2D eigenvalue weighted by molar-refractivity contribution is 0.0419. The van der Waals surface area contributed by atoms with Gasteiger partial charge in [0.05, 0.1) is 18.8 Å². The third-order valence-electron chi connectivity index (χ3n) is 6.05. The third-order valence-corrected chi connectivity index (χ3v) is 6.40. The molecule has 2 fully saturated rings. The Labute approximate surface area is 188 Å². The van der Waals surface area contributed by atoms with Gasteiger partial charge in [-0.25, -0.2) is 9.97 Å². The van der Waals surface area contributed by atoms with Crippen LogP contribution in [0.3, 0.4) is 0 Å². The molecule has 8 heteroatoms. The highest BCUT2D eigenvalue weighted by molar-refractivity contribution is 6.31. The highest BCUT2D eigenvalue weighted by Gasteiger charge is 2.32. The maximum atomic E-state index is 12.5. The molecule has 1 saturated carbocycles. The number of rotatable bonds is 8. The number of hydrogen-bond donors (Lipinski definition) is 0. The SMILES string of the molecule is COc1ncc(C(=O)N(C)CC2CC(Oc3ccc(CN4CCCC4)c(Cl)c3)C2)cn1. The fourth-order valence-electron chi connectivity index (χ4n) is 4.25. The van der Waals surface area contributed by atoms with Crippen LogP contribution < -0.4 is 9.47 Å². The molecule has 31 heavy (non-hydrogen) atoms. The number of nitrogens with zero attached hydrogens (tertiary/aromatic N) is 4. The molecule has 0 N–H and O–H groups in total. The fourth-order valence-corrected chi connectivity index (χ4v) is 4.48. The number of ether oxygens (including phenoxy) is 2. The van der Waals surface area contributed by atoms with Gasteiger partial charge in [-0.2, -0.15) is 0 Å². The second-order valence-electron chi connectivity index (χ2n) is 8.46. The van der Waals surface area contributed by atoms with E-state index in [1.165, 1.54) is 32.3 Å². The first-order valence-electron chi connectivity index (χ1n) is 10.8. The minimum atomic E-state index is -0.0904. The Morgan fingerprint density at radius 2 is 1.94 bits per heavy atom. The first-order valence-corrected chi connectivity index (χ1v) is 11.2. The van der Waals surface area contributed by atoms with E-state index in [0.29, 0.717) is 18.0 Å². The van der Waals surface area contributed by atoms with Crippen molar-refractivity contribution in [2.45, 2.75) is 38.3 Å². The summed E-state index contributed by atoms with van der Waals surface area (Å²) in [6, 6.07) is 6.28. The Morgan fingerprint density at radius 1 is 1.23 bits per heavy atom. The van der Waals surface area contributed by atoms with Crippen LogP contribution in [0.1, 0.15) is 41.6 Å². The number of carbonyl (C=O) groups excluding carboxylic acids is 1. The molecular weight excluding hydrogens is 416 g/mol. The molecule has 1 amide bonds. The van der Waals surface area contributed by atoms with Gasteiger partial charge in [-0.15, -0.1) is 0 Å². The van der Waals surface area contributed by atoms with Crippen LogP contribution in [-0.4, -0.2) is 65.6 Å². The number of benzene rings is 1. The minimum Gasteiger partial charge on any atom is -0.490 e. The van der Waals surface area contributed by atoms with Crippen LogP contribution in [-0.2, 0) is 6.54 Å². The van der Waals surface area contributed by atoms with Gasteiger partial charge in [-0.3, -0.25) is 9.69 Å². The molecule has 0 atom stereocenters. The summed E-state index contributed by atoms with van der Waals surface area (Å²) in [6.07, 6.45) is 7.54. The molecule has 1 saturated heterocycles. The number of hydrogen-bond acceptors (Lipinski definition) is 6. The molecule has 0 bridgehead atoms. The molecule has 166 valence electrons. The summed E-state index contributed by atoms with van der Waals surface area (Å²) in [5, 5.41) is 0.771. The van der Waals surface area contributed by atoms with Crippen molar-refractivity contribution in [1.29, 1.82) is 0 Å². The number of halogens is 1. The first kappa shape index (κ1) is 21.8. The monoisotopic (exact) mass is 444 g/mol. The normalized spacial score (nSPS) is 20.9. The standard InChI is InChI=1S/C23H29ClN4O3/c1-27(22(29)18-12-25-23(30-2)26-13-18)14-16-9-20(10-16)31-19-6-5-17(21(24)11-19)15-28-7-3-4-8-28/h5-6,11-13,16,20H,3-4,7-10,14-15H2,1-2H3.